The predicted molar refractivity (Wildman–Crippen MR) is 66.5 cm³/mol. The van der Waals surface area contributed by atoms with Crippen LogP contribution in [0, 0.1) is 0 Å². The number of carboxylic acids is 1. The fourth-order valence-electron chi connectivity index (χ4n) is 1.33. The molecule has 0 unspecified atom stereocenters. The van der Waals surface area contributed by atoms with Crippen LogP contribution in [-0.4, -0.2) is 29.0 Å². The molecule has 0 aliphatic heterocycles. The quantitative estimate of drug-likeness (QED) is 0.497. The normalized spacial score (nSPS) is 9.94. The van der Waals surface area contributed by atoms with Crippen molar-refractivity contribution in [3.63, 3.8) is 0 Å². The maximum Gasteiger partial charge on any atom is 0.335 e. The van der Waals surface area contributed by atoms with Crippen LogP contribution in [0.3, 0.4) is 0 Å². The fourth-order valence-corrected chi connectivity index (χ4v) is 1.56. The van der Waals surface area contributed by atoms with Gasteiger partial charge in [-0.3, -0.25) is 4.79 Å². The molecule has 5 heteroatoms. The summed E-state index contributed by atoms with van der Waals surface area (Å²) in [5, 5.41) is 9.70. The molecule has 92 valence electrons. The Morgan fingerprint density at radius 1 is 1.29 bits per heavy atom. The van der Waals surface area contributed by atoms with Crippen LogP contribution in [0.2, 0.25) is 0 Å². The third-order valence-electron chi connectivity index (χ3n) is 2.12. The number of aromatic carboxylic acids is 1. The molecule has 0 saturated carbocycles. The molecule has 0 aliphatic carbocycles. The van der Waals surface area contributed by atoms with Gasteiger partial charge in [-0.15, -0.1) is 0 Å². The largest absolute Gasteiger partial charge is 0.478 e. The van der Waals surface area contributed by atoms with Crippen LogP contribution in [-0.2, 0) is 16.0 Å². The number of hydrogen-bond acceptors (Lipinski definition) is 3. The number of benzene rings is 1. The van der Waals surface area contributed by atoms with Crippen molar-refractivity contribution in [2.75, 3.05) is 11.9 Å². The van der Waals surface area contributed by atoms with E-state index in [9.17, 15) is 9.59 Å². The lowest BCUT2D eigenvalue weighted by Gasteiger charge is -2.06. The standard InChI is InChI=1S/C12H13BrO4/c13-6-3-7-17-11(14)8-9-4-1-2-5-10(9)12(15)16/h1-2,4-5H,3,6-8H2,(H,15,16). The number of hydrogen-bond donors (Lipinski definition) is 1. The molecular formula is C12H13BrO4. The minimum Gasteiger partial charge on any atom is -0.478 e. The number of carbonyl (C=O) groups is 2. The maximum atomic E-state index is 11.4. The highest BCUT2D eigenvalue weighted by Crippen LogP contribution is 2.10. The van der Waals surface area contributed by atoms with Crippen molar-refractivity contribution in [1.29, 1.82) is 0 Å². The predicted octanol–water partition coefficient (Wildman–Crippen LogP) is 2.26. The number of esters is 1. The zero-order valence-electron chi connectivity index (χ0n) is 9.19. The van der Waals surface area contributed by atoms with Gasteiger partial charge in [0, 0.05) is 5.33 Å². The highest BCUT2D eigenvalue weighted by Gasteiger charge is 2.12. The Balaban J connectivity index is 2.61. The molecule has 0 bridgehead atoms. The molecule has 0 radical (unpaired) electrons. The molecule has 0 spiro atoms. The fraction of sp³-hybridized carbons (Fsp3) is 0.333. The van der Waals surface area contributed by atoms with Gasteiger partial charge in [-0.25, -0.2) is 4.79 Å². The van der Waals surface area contributed by atoms with Crippen LogP contribution in [0.4, 0.5) is 0 Å². The summed E-state index contributed by atoms with van der Waals surface area (Å²) in [6, 6.07) is 6.43. The highest BCUT2D eigenvalue weighted by atomic mass is 79.9. The van der Waals surface area contributed by atoms with Gasteiger partial charge in [0.1, 0.15) is 0 Å². The molecule has 1 rings (SSSR count). The first-order valence-electron chi connectivity index (χ1n) is 5.18. The molecular weight excluding hydrogens is 288 g/mol. The summed E-state index contributed by atoms with van der Waals surface area (Å²) in [5.74, 6) is -1.44. The van der Waals surface area contributed by atoms with E-state index in [-0.39, 0.29) is 12.0 Å². The molecule has 0 fully saturated rings. The van der Waals surface area contributed by atoms with Gasteiger partial charge in [0.2, 0.25) is 0 Å². The first-order valence-corrected chi connectivity index (χ1v) is 6.30. The monoisotopic (exact) mass is 300 g/mol. The van der Waals surface area contributed by atoms with Crippen molar-refractivity contribution in [2.24, 2.45) is 0 Å². The summed E-state index contributed by atoms with van der Waals surface area (Å²) in [4.78, 5) is 22.3. The Morgan fingerprint density at radius 3 is 2.65 bits per heavy atom. The molecule has 4 nitrogen and oxygen atoms in total. The van der Waals surface area contributed by atoms with E-state index >= 15 is 0 Å². The van der Waals surface area contributed by atoms with Gasteiger partial charge >= 0.3 is 11.9 Å². The van der Waals surface area contributed by atoms with E-state index in [4.69, 9.17) is 9.84 Å². The molecule has 0 saturated heterocycles. The average Bonchev–Trinajstić information content (AvgIpc) is 2.29. The van der Waals surface area contributed by atoms with Crippen LogP contribution in [0.15, 0.2) is 24.3 Å². The number of halogens is 1. The zero-order valence-corrected chi connectivity index (χ0v) is 10.8. The van der Waals surface area contributed by atoms with Crippen molar-refractivity contribution < 1.29 is 19.4 Å². The Kier molecular flexibility index (Phi) is 5.69. The van der Waals surface area contributed by atoms with E-state index in [2.05, 4.69) is 15.9 Å². The van der Waals surface area contributed by atoms with Crippen molar-refractivity contribution >= 4 is 27.9 Å². The molecule has 1 aromatic carbocycles. The Morgan fingerprint density at radius 2 is 2.00 bits per heavy atom. The minimum atomic E-state index is -1.03. The van der Waals surface area contributed by atoms with Gasteiger partial charge in [-0.2, -0.15) is 0 Å². The van der Waals surface area contributed by atoms with Crippen LogP contribution < -0.4 is 0 Å². The zero-order chi connectivity index (χ0) is 12.7. The summed E-state index contributed by atoms with van der Waals surface area (Å²) in [5.41, 5.74) is 0.619. The SMILES string of the molecule is O=C(Cc1ccccc1C(=O)O)OCCCBr. The van der Waals surface area contributed by atoms with Crippen LogP contribution in [0.5, 0.6) is 0 Å². The van der Waals surface area contributed by atoms with Crippen LogP contribution in [0.1, 0.15) is 22.3 Å². The van der Waals surface area contributed by atoms with E-state index < -0.39 is 11.9 Å². The first-order chi connectivity index (χ1) is 8.15. The molecule has 17 heavy (non-hydrogen) atoms. The minimum absolute atomic E-state index is 0.00917. The maximum absolute atomic E-state index is 11.4. The van der Waals surface area contributed by atoms with E-state index in [1.54, 1.807) is 18.2 Å². The van der Waals surface area contributed by atoms with Gasteiger partial charge in [-0.1, -0.05) is 34.1 Å². The first kappa shape index (κ1) is 13.7. The Labute approximate surface area is 108 Å². The van der Waals surface area contributed by atoms with Crippen molar-refractivity contribution in [3.05, 3.63) is 35.4 Å². The van der Waals surface area contributed by atoms with Gasteiger partial charge < -0.3 is 9.84 Å². The lowest BCUT2D eigenvalue weighted by molar-refractivity contribution is -0.142. The van der Waals surface area contributed by atoms with Crippen LogP contribution in [0.25, 0.3) is 0 Å². The number of alkyl halides is 1. The highest BCUT2D eigenvalue weighted by molar-refractivity contribution is 9.09. The van der Waals surface area contributed by atoms with Crippen molar-refractivity contribution in [2.45, 2.75) is 12.8 Å². The molecule has 0 amide bonds. The second kappa shape index (κ2) is 7.06. The molecule has 1 aromatic rings. The molecule has 0 aromatic heterocycles. The third kappa shape index (κ3) is 4.56. The van der Waals surface area contributed by atoms with Crippen molar-refractivity contribution in [3.8, 4) is 0 Å². The number of ether oxygens (including phenoxy) is 1. The molecule has 0 heterocycles. The topological polar surface area (TPSA) is 63.6 Å². The van der Waals surface area contributed by atoms with Gasteiger partial charge in [0.25, 0.3) is 0 Å². The Bertz CT molecular complexity index is 403. The van der Waals surface area contributed by atoms with E-state index in [1.165, 1.54) is 6.07 Å². The number of carbonyl (C=O) groups excluding carboxylic acids is 1. The Hall–Kier alpha value is -1.36. The van der Waals surface area contributed by atoms with E-state index in [1.807, 2.05) is 0 Å². The van der Waals surface area contributed by atoms with Gasteiger partial charge in [0.05, 0.1) is 18.6 Å². The summed E-state index contributed by atoms with van der Waals surface area (Å²) in [6.45, 7) is 0.347. The number of rotatable bonds is 6. The summed E-state index contributed by atoms with van der Waals surface area (Å²) in [6.07, 6.45) is 0.733. The second-order valence-corrected chi connectivity index (χ2v) is 4.20. The lowest BCUT2D eigenvalue weighted by atomic mass is 10.1. The average molecular weight is 301 g/mol. The summed E-state index contributed by atoms with van der Waals surface area (Å²) in [7, 11) is 0. The van der Waals surface area contributed by atoms with Gasteiger partial charge in [-0.05, 0) is 18.1 Å². The summed E-state index contributed by atoms with van der Waals surface area (Å²) >= 11 is 3.23. The van der Waals surface area contributed by atoms with Gasteiger partial charge in [0.15, 0.2) is 0 Å². The van der Waals surface area contributed by atoms with E-state index in [0.29, 0.717) is 12.2 Å². The lowest BCUT2D eigenvalue weighted by Crippen LogP contribution is -2.12. The van der Waals surface area contributed by atoms with Crippen LogP contribution >= 0.6 is 15.9 Å². The smallest absolute Gasteiger partial charge is 0.335 e. The third-order valence-corrected chi connectivity index (χ3v) is 2.68. The summed E-state index contributed by atoms with van der Waals surface area (Å²) < 4.78 is 4.96. The van der Waals surface area contributed by atoms with Crippen molar-refractivity contribution in [1.82, 2.24) is 0 Å². The molecule has 0 aliphatic rings. The molecule has 1 N–H and O–H groups in total. The number of carboxylic acid groups (broad SMARTS) is 1. The second-order valence-electron chi connectivity index (χ2n) is 3.40. The molecule has 0 atom stereocenters. The van der Waals surface area contributed by atoms with E-state index in [0.717, 1.165) is 11.8 Å².